The molecule has 0 heterocycles. The number of aliphatic hydroxyl groups is 1. The van der Waals surface area contributed by atoms with Crippen LogP contribution in [0.2, 0.25) is 0 Å². The quantitative estimate of drug-likeness (QED) is 0.550. The smallest absolute Gasteiger partial charge is 0.224 e. The summed E-state index contributed by atoms with van der Waals surface area (Å²) in [5, 5.41) is 15.8. The maximum atomic E-state index is 11.8. The number of halogens is 1. The Morgan fingerprint density at radius 2 is 1.96 bits per heavy atom. The zero-order valence-corrected chi connectivity index (χ0v) is 16.1. The topological polar surface area (TPSA) is 87.7 Å². The summed E-state index contributed by atoms with van der Waals surface area (Å²) in [5.41, 5.74) is 0.946. The van der Waals surface area contributed by atoms with Crippen LogP contribution in [0.3, 0.4) is 0 Å². The summed E-state index contributed by atoms with van der Waals surface area (Å²) in [7, 11) is 0. The molecule has 0 fully saturated rings. The van der Waals surface area contributed by atoms with Crippen LogP contribution in [0.1, 0.15) is 50.9 Å². The molecule has 1 rings (SSSR count). The summed E-state index contributed by atoms with van der Waals surface area (Å²) in [6, 6.07) is 5.21. The number of hydrogen-bond acceptors (Lipinski definition) is 5. The van der Waals surface area contributed by atoms with Crippen molar-refractivity contribution >= 4 is 29.8 Å². The second-order valence-electron chi connectivity index (χ2n) is 6.09. The first-order valence-corrected chi connectivity index (χ1v) is 8.32. The van der Waals surface area contributed by atoms with Crippen molar-refractivity contribution in [3.8, 4) is 5.75 Å². The van der Waals surface area contributed by atoms with Gasteiger partial charge in [0.15, 0.2) is 5.78 Å². The fourth-order valence-electron chi connectivity index (χ4n) is 2.08. The lowest BCUT2D eigenvalue weighted by molar-refractivity contribution is -0.116. The molecule has 1 unspecified atom stereocenters. The lowest BCUT2D eigenvalue weighted by Crippen LogP contribution is -2.35. The third kappa shape index (κ3) is 8.86. The minimum atomic E-state index is -0.670. The van der Waals surface area contributed by atoms with Gasteiger partial charge in [0.25, 0.3) is 0 Å². The van der Waals surface area contributed by atoms with Crippen LogP contribution in [0.4, 0.5) is 5.69 Å². The molecule has 0 radical (unpaired) electrons. The Balaban J connectivity index is 0.00000576. The van der Waals surface area contributed by atoms with Crippen molar-refractivity contribution in [2.24, 2.45) is 0 Å². The molecule has 0 aliphatic rings. The highest BCUT2D eigenvalue weighted by Gasteiger charge is 2.13. The number of benzene rings is 1. The van der Waals surface area contributed by atoms with Gasteiger partial charge in [0.05, 0.1) is 5.56 Å². The first-order chi connectivity index (χ1) is 11.3. The summed E-state index contributed by atoms with van der Waals surface area (Å²) >= 11 is 0. The van der Waals surface area contributed by atoms with E-state index in [2.05, 4.69) is 10.6 Å². The van der Waals surface area contributed by atoms with E-state index in [4.69, 9.17) is 4.74 Å². The fraction of sp³-hybridized carbons (Fsp3) is 0.556. The Kier molecular flexibility index (Phi) is 11.1. The Morgan fingerprint density at radius 3 is 2.52 bits per heavy atom. The van der Waals surface area contributed by atoms with Gasteiger partial charge >= 0.3 is 0 Å². The number of Topliss-reactive ketones (excluding diaryl/α,β-unsaturated/α-hetero) is 1. The van der Waals surface area contributed by atoms with Crippen molar-refractivity contribution in [1.82, 2.24) is 5.32 Å². The van der Waals surface area contributed by atoms with E-state index >= 15 is 0 Å². The molecule has 0 aliphatic carbocycles. The van der Waals surface area contributed by atoms with Crippen molar-refractivity contribution in [3.05, 3.63) is 23.8 Å². The number of ether oxygens (including phenoxy) is 1. The van der Waals surface area contributed by atoms with Gasteiger partial charge in [0, 0.05) is 24.7 Å². The number of carbonyl (C=O) groups is 2. The highest BCUT2D eigenvalue weighted by Crippen LogP contribution is 2.24. The monoisotopic (exact) mass is 372 g/mol. The molecule has 6 nitrogen and oxygen atoms in total. The number of carbonyl (C=O) groups excluding carboxylic acids is 2. The van der Waals surface area contributed by atoms with Gasteiger partial charge in [-0.3, -0.25) is 9.59 Å². The van der Waals surface area contributed by atoms with E-state index in [0.717, 1.165) is 6.42 Å². The summed E-state index contributed by atoms with van der Waals surface area (Å²) in [6.45, 7) is 7.85. The van der Waals surface area contributed by atoms with Crippen molar-refractivity contribution in [2.75, 3.05) is 18.5 Å². The standard InChI is InChI=1S/C18H28N2O4.ClH/c1-5-6-18(23)20-14-7-8-17(16(9-14)13(4)21)24-11-15(22)10-19-12(2)3;/h7-9,12,15,19,22H,5-6,10-11H2,1-4H3,(H,20,23);1H. The molecular formula is C18H29ClN2O4. The second kappa shape index (κ2) is 11.8. The molecule has 0 bridgehead atoms. The van der Waals surface area contributed by atoms with Crippen molar-refractivity contribution in [3.63, 3.8) is 0 Å². The lowest BCUT2D eigenvalue weighted by atomic mass is 10.1. The number of hydrogen-bond donors (Lipinski definition) is 3. The second-order valence-corrected chi connectivity index (χ2v) is 6.09. The minimum absolute atomic E-state index is 0. The number of anilines is 1. The maximum absolute atomic E-state index is 11.8. The average Bonchev–Trinajstić information content (AvgIpc) is 2.51. The van der Waals surface area contributed by atoms with E-state index in [-0.39, 0.29) is 36.7 Å². The van der Waals surface area contributed by atoms with Crippen LogP contribution in [0.25, 0.3) is 0 Å². The number of amides is 1. The first-order valence-electron chi connectivity index (χ1n) is 8.32. The van der Waals surface area contributed by atoms with Crippen LogP contribution in [0.5, 0.6) is 5.75 Å². The first kappa shape index (κ1) is 23.4. The molecule has 1 amide bonds. The molecular weight excluding hydrogens is 344 g/mol. The van der Waals surface area contributed by atoms with E-state index in [1.165, 1.54) is 6.92 Å². The number of aliphatic hydroxyl groups excluding tert-OH is 1. The number of rotatable bonds is 10. The molecule has 3 N–H and O–H groups in total. The van der Waals surface area contributed by atoms with Gasteiger partial charge in [0.1, 0.15) is 18.5 Å². The van der Waals surface area contributed by atoms with Gasteiger partial charge in [-0.05, 0) is 31.5 Å². The Labute approximate surface area is 155 Å². The van der Waals surface area contributed by atoms with Crippen LogP contribution in [0, 0.1) is 0 Å². The molecule has 1 aromatic carbocycles. The van der Waals surface area contributed by atoms with E-state index in [0.29, 0.717) is 30.0 Å². The van der Waals surface area contributed by atoms with Crippen molar-refractivity contribution in [2.45, 2.75) is 52.7 Å². The summed E-state index contributed by atoms with van der Waals surface area (Å²) in [6.07, 6.45) is 0.522. The molecule has 0 saturated carbocycles. The third-order valence-corrected chi connectivity index (χ3v) is 3.31. The normalized spacial score (nSPS) is 11.6. The summed E-state index contributed by atoms with van der Waals surface area (Å²) < 4.78 is 5.58. The number of nitrogens with one attached hydrogen (secondary N) is 2. The predicted octanol–water partition coefficient (Wildman–Crippen LogP) is 2.79. The van der Waals surface area contributed by atoms with E-state index in [1.54, 1.807) is 18.2 Å². The van der Waals surface area contributed by atoms with Crippen molar-refractivity contribution < 1.29 is 19.4 Å². The zero-order chi connectivity index (χ0) is 18.1. The highest BCUT2D eigenvalue weighted by atomic mass is 35.5. The van der Waals surface area contributed by atoms with Crippen LogP contribution >= 0.6 is 12.4 Å². The SMILES string of the molecule is CCCC(=O)Nc1ccc(OCC(O)CNC(C)C)c(C(C)=O)c1.Cl. The van der Waals surface area contributed by atoms with Gasteiger partial charge < -0.3 is 20.5 Å². The van der Waals surface area contributed by atoms with Gasteiger partial charge in [-0.2, -0.15) is 0 Å². The highest BCUT2D eigenvalue weighted by molar-refractivity contribution is 5.99. The maximum Gasteiger partial charge on any atom is 0.224 e. The average molecular weight is 373 g/mol. The molecule has 25 heavy (non-hydrogen) atoms. The molecule has 1 atom stereocenters. The van der Waals surface area contributed by atoms with Gasteiger partial charge in [-0.25, -0.2) is 0 Å². The Hall–Kier alpha value is -1.63. The predicted molar refractivity (Wildman–Crippen MR) is 102 cm³/mol. The molecule has 0 aliphatic heterocycles. The lowest BCUT2D eigenvalue weighted by Gasteiger charge is -2.17. The molecule has 1 aromatic rings. The Morgan fingerprint density at radius 1 is 1.28 bits per heavy atom. The molecule has 7 heteroatoms. The van der Waals surface area contributed by atoms with Crippen LogP contribution in [-0.4, -0.2) is 42.1 Å². The van der Waals surface area contributed by atoms with Crippen molar-refractivity contribution in [1.29, 1.82) is 0 Å². The fourth-order valence-corrected chi connectivity index (χ4v) is 2.08. The largest absolute Gasteiger partial charge is 0.490 e. The van der Waals surface area contributed by atoms with Gasteiger partial charge in [-0.1, -0.05) is 20.8 Å². The van der Waals surface area contributed by atoms with Gasteiger partial charge in [0.2, 0.25) is 5.91 Å². The third-order valence-electron chi connectivity index (χ3n) is 3.31. The summed E-state index contributed by atoms with van der Waals surface area (Å²) in [4.78, 5) is 23.5. The summed E-state index contributed by atoms with van der Waals surface area (Å²) in [5.74, 6) is 0.154. The molecule has 0 saturated heterocycles. The molecule has 0 aromatic heterocycles. The van der Waals surface area contributed by atoms with E-state index < -0.39 is 6.10 Å². The van der Waals surface area contributed by atoms with E-state index in [9.17, 15) is 14.7 Å². The number of ketones is 1. The molecule has 142 valence electrons. The molecule has 0 spiro atoms. The Bertz CT molecular complexity index is 564. The van der Waals surface area contributed by atoms with Crippen LogP contribution in [-0.2, 0) is 4.79 Å². The van der Waals surface area contributed by atoms with Gasteiger partial charge in [-0.15, -0.1) is 12.4 Å². The minimum Gasteiger partial charge on any atom is -0.490 e. The van der Waals surface area contributed by atoms with E-state index in [1.807, 2.05) is 20.8 Å². The zero-order valence-electron chi connectivity index (χ0n) is 15.3. The van der Waals surface area contributed by atoms with Crippen LogP contribution < -0.4 is 15.4 Å². The van der Waals surface area contributed by atoms with Crippen LogP contribution in [0.15, 0.2) is 18.2 Å².